The molecule has 3 rings (SSSR count). The SMILES string of the molecule is OC(c1cc(Cl)cc(Cl)c1)c1cnn(-c2ccccc2)c1. The summed E-state index contributed by atoms with van der Waals surface area (Å²) < 4.78 is 1.71. The summed E-state index contributed by atoms with van der Waals surface area (Å²) in [6.45, 7) is 0. The van der Waals surface area contributed by atoms with Crippen LogP contribution in [0.2, 0.25) is 10.0 Å². The van der Waals surface area contributed by atoms with Crippen molar-refractivity contribution in [3.8, 4) is 5.69 Å². The highest BCUT2D eigenvalue weighted by molar-refractivity contribution is 6.34. The molecule has 0 amide bonds. The Labute approximate surface area is 132 Å². The van der Waals surface area contributed by atoms with E-state index < -0.39 is 6.10 Å². The van der Waals surface area contributed by atoms with E-state index >= 15 is 0 Å². The summed E-state index contributed by atoms with van der Waals surface area (Å²) in [4.78, 5) is 0. The topological polar surface area (TPSA) is 38.1 Å². The number of aliphatic hydroxyl groups is 1. The van der Waals surface area contributed by atoms with Crippen molar-refractivity contribution >= 4 is 23.2 Å². The van der Waals surface area contributed by atoms with Crippen LogP contribution in [-0.4, -0.2) is 14.9 Å². The lowest BCUT2D eigenvalue weighted by atomic mass is 10.1. The Kier molecular flexibility index (Phi) is 3.97. The summed E-state index contributed by atoms with van der Waals surface area (Å²) in [5.74, 6) is 0. The normalized spacial score (nSPS) is 12.3. The zero-order valence-electron chi connectivity index (χ0n) is 10.9. The molecule has 0 aliphatic heterocycles. The maximum Gasteiger partial charge on any atom is 0.107 e. The molecule has 3 aromatic rings. The second-order valence-electron chi connectivity index (χ2n) is 4.66. The number of benzene rings is 2. The van der Waals surface area contributed by atoms with E-state index in [-0.39, 0.29) is 0 Å². The Bertz CT molecular complexity index is 736. The first-order chi connectivity index (χ1) is 10.1. The van der Waals surface area contributed by atoms with Gasteiger partial charge in [0.25, 0.3) is 0 Å². The van der Waals surface area contributed by atoms with Gasteiger partial charge in [0.05, 0.1) is 11.9 Å². The monoisotopic (exact) mass is 318 g/mol. The van der Waals surface area contributed by atoms with Crippen LogP contribution in [0.25, 0.3) is 5.69 Å². The molecule has 1 unspecified atom stereocenters. The van der Waals surface area contributed by atoms with E-state index in [0.29, 0.717) is 21.2 Å². The van der Waals surface area contributed by atoms with E-state index in [2.05, 4.69) is 5.10 Å². The van der Waals surface area contributed by atoms with Gasteiger partial charge in [0.2, 0.25) is 0 Å². The third-order valence-corrected chi connectivity index (χ3v) is 3.58. The van der Waals surface area contributed by atoms with Crippen LogP contribution in [-0.2, 0) is 0 Å². The molecular formula is C16H12Cl2N2O. The van der Waals surface area contributed by atoms with Crippen LogP contribution in [0, 0.1) is 0 Å². The quantitative estimate of drug-likeness (QED) is 0.783. The lowest BCUT2D eigenvalue weighted by Gasteiger charge is -2.09. The molecule has 0 bridgehead atoms. The predicted octanol–water partition coefficient (Wildman–Crippen LogP) is 4.26. The van der Waals surface area contributed by atoms with Gasteiger partial charge in [0.15, 0.2) is 0 Å². The molecule has 1 aromatic heterocycles. The zero-order chi connectivity index (χ0) is 14.8. The number of aliphatic hydroxyl groups excluding tert-OH is 1. The van der Waals surface area contributed by atoms with Crippen molar-refractivity contribution in [1.82, 2.24) is 9.78 Å². The van der Waals surface area contributed by atoms with Gasteiger partial charge in [-0.15, -0.1) is 0 Å². The van der Waals surface area contributed by atoms with Crippen molar-refractivity contribution in [3.63, 3.8) is 0 Å². The molecule has 0 aliphatic carbocycles. The number of hydrogen-bond donors (Lipinski definition) is 1. The molecule has 1 N–H and O–H groups in total. The van der Waals surface area contributed by atoms with E-state index in [9.17, 15) is 5.11 Å². The summed E-state index contributed by atoms with van der Waals surface area (Å²) in [6.07, 6.45) is 2.60. The first-order valence-corrected chi connectivity index (χ1v) is 7.13. The van der Waals surface area contributed by atoms with Crippen LogP contribution in [0.15, 0.2) is 60.9 Å². The molecule has 0 fully saturated rings. The van der Waals surface area contributed by atoms with E-state index in [1.54, 1.807) is 35.3 Å². The number of para-hydroxylation sites is 1. The second-order valence-corrected chi connectivity index (χ2v) is 5.53. The molecule has 1 heterocycles. The van der Waals surface area contributed by atoms with Gasteiger partial charge < -0.3 is 5.11 Å². The molecule has 21 heavy (non-hydrogen) atoms. The van der Waals surface area contributed by atoms with Crippen molar-refractivity contribution in [2.75, 3.05) is 0 Å². The van der Waals surface area contributed by atoms with Gasteiger partial charge in [-0.1, -0.05) is 41.4 Å². The van der Waals surface area contributed by atoms with Crippen molar-refractivity contribution in [3.05, 3.63) is 82.1 Å². The highest BCUT2D eigenvalue weighted by atomic mass is 35.5. The molecule has 0 saturated heterocycles. The van der Waals surface area contributed by atoms with Gasteiger partial charge in [-0.2, -0.15) is 5.10 Å². The third kappa shape index (κ3) is 3.10. The molecular weight excluding hydrogens is 307 g/mol. The Morgan fingerprint density at radius 1 is 0.952 bits per heavy atom. The predicted molar refractivity (Wildman–Crippen MR) is 84.1 cm³/mol. The lowest BCUT2D eigenvalue weighted by Crippen LogP contribution is -1.99. The lowest BCUT2D eigenvalue weighted by molar-refractivity contribution is 0.220. The molecule has 106 valence electrons. The number of nitrogens with zero attached hydrogens (tertiary/aromatic N) is 2. The van der Waals surface area contributed by atoms with Crippen LogP contribution >= 0.6 is 23.2 Å². The van der Waals surface area contributed by atoms with Gasteiger partial charge >= 0.3 is 0 Å². The molecule has 2 aromatic carbocycles. The largest absolute Gasteiger partial charge is 0.384 e. The average molecular weight is 319 g/mol. The van der Waals surface area contributed by atoms with Gasteiger partial charge in [-0.25, -0.2) is 4.68 Å². The molecule has 3 nitrogen and oxygen atoms in total. The van der Waals surface area contributed by atoms with Gasteiger partial charge in [0, 0.05) is 21.8 Å². The number of hydrogen-bond acceptors (Lipinski definition) is 2. The van der Waals surface area contributed by atoms with E-state index in [1.165, 1.54) is 0 Å². The summed E-state index contributed by atoms with van der Waals surface area (Å²) in [5, 5.41) is 15.7. The number of aromatic nitrogens is 2. The maximum atomic E-state index is 10.4. The van der Waals surface area contributed by atoms with Crippen LogP contribution < -0.4 is 0 Å². The minimum Gasteiger partial charge on any atom is -0.384 e. The third-order valence-electron chi connectivity index (χ3n) is 3.14. The van der Waals surface area contributed by atoms with Gasteiger partial charge in [-0.3, -0.25) is 0 Å². The summed E-state index contributed by atoms with van der Waals surface area (Å²) in [7, 11) is 0. The Morgan fingerprint density at radius 2 is 1.62 bits per heavy atom. The van der Waals surface area contributed by atoms with E-state index in [1.807, 2.05) is 30.3 Å². The average Bonchev–Trinajstić information content (AvgIpc) is 2.96. The molecule has 5 heteroatoms. The molecule has 0 spiro atoms. The second kappa shape index (κ2) is 5.90. The standard InChI is InChI=1S/C16H12Cl2N2O/c17-13-6-11(7-14(18)8-13)16(21)12-9-19-20(10-12)15-4-2-1-3-5-15/h1-10,16,21H. The highest BCUT2D eigenvalue weighted by Crippen LogP contribution is 2.27. The fourth-order valence-corrected chi connectivity index (χ4v) is 2.67. The van der Waals surface area contributed by atoms with Crippen molar-refractivity contribution in [2.24, 2.45) is 0 Å². The minimum atomic E-state index is -0.821. The minimum absolute atomic E-state index is 0.493. The summed E-state index contributed by atoms with van der Waals surface area (Å²) in [5.41, 5.74) is 2.25. The van der Waals surface area contributed by atoms with Gasteiger partial charge in [0.1, 0.15) is 6.10 Å². The Hall–Kier alpha value is -1.81. The summed E-state index contributed by atoms with van der Waals surface area (Å²) >= 11 is 11.9. The fraction of sp³-hybridized carbons (Fsp3) is 0.0625. The van der Waals surface area contributed by atoms with Crippen molar-refractivity contribution < 1.29 is 5.11 Å². The van der Waals surface area contributed by atoms with Crippen molar-refractivity contribution in [1.29, 1.82) is 0 Å². The summed E-state index contributed by atoms with van der Waals surface area (Å²) in [6, 6.07) is 14.7. The van der Waals surface area contributed by atoms with Gasteiger partial charge in [-0.05, 0) is 35.9 Å². The molecule has 0 aliphatic rings. The van der Waals surface area contributed by atoms with Crippen LogP contribution in [0.3, 0.4) is 0 Å². The van der Waals surface area contributed by atoms with Crippen LogP contribution in [0.1, 0.15) is 17.2 Å². The fourth-order valence-electron chi connectivity index (χ4n) is 2.13. The van der Waals surface area contributed by atoms with E-state index in [0.717, 1.165) is 5.69 Å². The maximum absolute atomic E-state index is 10.4. The smallest absolute Gasteiger partial charge is 0.107 e. The van der Waals surface area contributed by atoms with Crippen LogP contribution in [0.5, 0.6) is 0 Å². The first kappa shape index (κ1) is 14.1. The molecule has 0 saturated carbocycles. The van der Waals surface area contributed by atoms with Crippen LogP contribution in [0.4, 0.5) is 0 Å². The molecule has 1 atom stereocenters. The van der Waals surface area contributed by atoms with E-state index in [4.69, 9.17) is 23.2 Å². The number of rotatable bonds is 3. The highest BCUT2D eigenvalue weighted by Gasteiger charge is 2.14. The Morgan fingerprint density at radius 3 is 2.29 bits per heavy atom. The zero-order valence-corrected chi connectivity index (χ0v) is 12.5. The molecule has 0 radical (unpaired) electrons. The first-order valence-electron chi connectivity index (χ1n) is 6.37. The van der Waals surface area contributed by atoms with Crippen molar-refractivity contribution in [2.45, 2.75) is 6.10 Å². The number of halogens is 2. The Balaban J connectivity index is 1.92.